The predicted octanol–water partition coefficient (Wildman–Crippen LogP) is 5.13. The fourth-order valence-electron chi connectivity index (χ4n) is 2.14. The SMILES string of the molecule is CC(C(=NO)c1cccc(Oc2c(F)cc(C(F)(F)F)cc2Cl)c1)[N+](=O)[O-]. The van der Waals surface area contributed by atoms with Crippen LogP contribution in [-0.2, 0) is 6.18 Å². The number of alkyl halides is 3. The quantitative estimate of drug-likeness (QED) is 0.245. The van der Waals surface area contributed by atoms with E-state index in [1.807, 2.05) is 0 Å². The maximum absolute atomic E-state index is 14.0. The molecule has 0 fully saturated rings. The van der Waals surface area contributed by atoms with Gasteiger partial charge in [-0.1, -0.05) is 28.9 Å². The highest BCUT2D eigenvalue weighted by atomic mass is 35.5. The Morgan fingerprint density at radius 3 is 2.52 bits per heavy atom. The molecule has 0 spiro atoms. The monoisotopic (exact) mass is 406 g/mol. The molecule has 0 aliphatic rings. The first kappa shape index (κ1) is 20.4. The highest BCUT2D eigenvalue weighted by Crippen LogP contribution is 2.38. The van der Waals surface area contributed by atoms with Crippen LogP contribution in [-0.4, -0.2) is 21.9 Å². The Labute approximate surface area is 154 Å². The molecule has 2 aromatic carbocycles. The molecule has 0 saturated carbocycles. The van der Waals surface area contributed by atoms with Gasteiger partial charge >= 0.3 is 6.18 Å². The van der Waals surface area contributed by atoms with Gasteiger partial charge in [0.1, 0.15) is 5.75 Å². The summed E-state index contributed by atoms with van der Waals surface area (Å²) in [5.74, 6) is -2.06. The molecule has 6 nitrogen and oxygen atoms in total. The summed E-state index contributed by atoms with van der Waals surface area (Å²) in [6.45, 7) is 1.19. The van der Waals surface area contributed by atoms with Crippen LogP contribution in [0.3, 0.4) is 0 Å². The van der Waals surface area contributed by atoms with Crippen LogP contribution in [0.5, 0.6) is 11.5 Å². The molecule has 0 aliphatic heterocycles. The lowest BCUT2D eigenvalue weighted by Crippen LogP contribution is -2.27. The minimum Gasteiger partial charge on any atom is -0.453 e. The number of nitro groups is 1. The summed E-state index contributed by atoms with van der Waals surface area (Å²) in [5, 5.41) is 22.2. The number of hydrogen-bond acceptors (Lipinski definition) is 5. The van der Waals surface area contributed by atoms with Crippen LogP contribution in [0.25, 0.3) is 0 Å². The van der Waals surface area contributed by atoms with Gasteiger partial charge in [-0.05, 0) is 24.3 Å². The zero-order chi connectivity index (χ0) is 20.4. The van der Waals surface area contributed by atoms with Gasteiger partial charge in [-0.2, -0.15) is 13.2 Å². The van der Waals surface area contributed by atoms with E-state index in [4.69, 9.17) is 21.5 Å². The zero-order valence-corrected chi connectivity index (χ0v) is 14.3. The third-order valence-electron chi connectivity index (χ3n) is 3.50. The molecule has 0 aromatic heterocycles. The first-order chi connectivity index (χ1) is 12.5. The summed E-state index contributed by atoms with van der Waals surface area (Å²) in [4.78, 5) is 10.2. The van der Waals surface area contributed by atoms with Gasteiger partial charge in [-0.3, -0.25) is 10.1 Å². The normalized spacial score (nSPS) is 13.3. The summed E-state index contributed by atoms with van der Waals surface area (Å²) < 4.78 is 57.2. The molecule has 144 valence electrons. The Morgan fingerprint density at radius 1 is 1.33 bits per heavy atom. The summed E-state index contributed by atoms with van der Waals surface area (Å²) in [7, 11) is 0. The Kier molecular flexibility index (Phi) is 5.89. The van der Waals surface area contributed by atoms with E-state index in [2.05, 4.69) is 5.16 Å². The zero-order valence-electron chi connectivity index (χ0n) is 13.5. The van der Waals surface area contributed by atoms with Crippen molar-refractivity contribution in [3.05, 3.63) is 68.5 Å². The van der Waals surface area contributed by atoms with Gasteiger partial charge in [0.2, 0.25) is 0 Å². The van der Waals surface area contributed by atoms with Crippen molar-refractivity contribution >= 4 is 17.3 Å². The standard InChI is InChI=1S/C16H11ClF4N2O4/c1-8(23(25)26)14(22-24)9-3-2-4-11(5-9)27-15-12(17)6-10(7-13(15)18)16(19,20)21/h2-8,24H,1H3. The van der Waals surface area contributed by atoms with Crippen molar-refractivity contribution in [2.24, 2.45) is 5.16 Å². The van der Waals surface area contributed by atoms with Gasteiger partial charge in [-0.15, -0.1) is 0 Å². The number of rotatable bonds is 5. The Balaban J connectivity index is 2.38. The molecule has 0 aliphatic carbocycles. The Morgan fingerprint density at radius 2 is 2.00 bits per heavy atom. The average Bonchev–Trinajstić information content (AvgIpc) is 2.58. The van der Waals surface area contributed by atoms with Crippen molar-refractivity contribution in [2.75, 3.05) is 0 Å². The van der Waals surface area contributed by atoms with E-state index in [-0.39, 0.29) is 23.1 Å². The van der Waals surface area contributed by atoms with E-state index in [1.165, 1.54) is 31.2 Å². The van der Waals surface area contributed by atoms with Crippen LogP contribution >= 0.6 is 11.6 Å². The molecule has 2 aromatic rings. The maximum Gasteiger partial charge on any atom is 0.416 e. The van der Waals surface area contributed by atoms with Crippen molar-refractivity contribution in [2.45, 2.75) is 19.1 Å². The summed E-state index contributed by atoms with van der Waals surface area (Å²) in [6.07, 6.45) is -4.78. The molecular weight excluding hydrogens is 396 g/mol. The predicted molar refractivity (Wildman–Crippen MR) is 87.7 cm³/mol. The number of hydrogen-bond donors (Lipinski definition) is 1. The topological polar surface area (TPSA) is 85.0 Å². The lowest BCUT2D eigenvalue weighted by Gasteiger charge is -2.13. The fraction of sp³-hybridized carbons (Fsp3) is 0.188. The van der Waals surface area contributed by atoms with Crippen LogP contribution in [0.1, 0.15) is 18.1 Å². The van der Waals surface area contributed by atoms with Crippen LogP contribution in [0.15, 0.2) is 41.6 Å². The molecule has 0 radical (unpaired) electrons. The van der Waals surface area contributed by atoms with E-state index < -0.39 is 39.3 Å². The second-order valence-electron chi connectivity index (χ2n) is 5.34. The third-order valence-corrected chi connectivity index (χ3v) is 3.78. The molecular formula is C16H11ClF4N2O4. The van der Waals surface area contributed by atoms with Crippen LogP contribution in [0.4, 0.5) is 17.6 Å². The number of nitrogens with zero attached hydrogens (tertiary/aromatic N) is 2. The van der Waals surface area contributed by atoms with E-state index in [1.54, 1.807) is 0 Å². The molecule has 27 heavy (non-hydrogen) atoms. The molecule has 0 saturated heterocycles. The van der Waals surface area contributed by atoms with Crippen molar-refractivity contribution in [1.29, 1.82) is 0 Å². The number of halogens is 5. The molecule has 1 N–H and O–H groups in total. The van der Waals surface area contributed by atoms with Crippen LogP contribution in [0.2, 0.25) is 5.02 Å². The van der Waals surface area contributed by atoms with Gasteiger partial charge in [0.25, 0.3) is 6.04 Å². The summed E-state index contributed by atoms with van der Waals surface area (Å²) >= 11 is 5.69. The lowest BCUT2D eigenvalue weighted by atomic mass is 10.0. The van der Waals surface area contributed by atoms with Crippen molar-refractivity contribution in [1.82, 2.24) is 0 Å². The van der Waals surface area contributed by atoms with Gasteiger partial charge in [-0.25, -0.2) is 4.39 Å². The fourth-order valence-corrected chi connectivity index (χ4v) is 2.39. The first-order valence-corrected chi connectivity index (χ1v) is 7.62. The number of ether oxygens (including phenoxy) is 1. The minimum atomic E-state index is -4.78. The van der Waals surface area contributed by atoms with Crippen LogP contribution in [0, 0.1) is 15.9 Å². The average molecular weight is 407 g/mol. The van der Waals surface area contributed by atoms with E-state index >= 15 is 0 Å². The van der Waals surface area contributed by atoms with Gasteiger partial charge < -0.3 is 9.94 Å². The van der Waals surface area contributed by atoms with Crippen molar-refractivity contribution in [3.63, 3.8) is 0 Å². The van der Waals surface area contributed by atoms with Gasteiger partial charge in [0.05, 0.1) is 10.6 Å². The Bertz CT molecular complexity index is 879. The largest absolute Gasteiger partial charge is 0.453 e. The summed E-state index contributed by atoms with van der Waals surface area (Å²) in [6, 6.07) is 4.67. The minimum absolute atomic E-state index is 0.0789. The second-order valence-corrected chi connectivity index (χ2v) is 5.75. The molecule has 2 rings (SSSR count). The smallest absolute Gasteiger partial charge is 0.416 e. The number of benzene rings is 2. The van der Waals surface area contributed by atoms with E-state index in [9.17, 15) is 27.7 Å². The molecule has 0 heterocycles. The van der Waals surface area contributed by atoms with Crippen LogP contribution < -0.4 is 4.74 Å². The lowest BCUT2D eigenvalue weighted by molar-refractivity contribution is -0.498. The molecule has 0 bridgehead atoms. The Hall–Kier alpha value is -2.88. The molecule has 1 unspecified atom stereocenters. The second kappa shape index (κ2) is 7.78. The maximum atomic E-state index is 14.0. The van der Waals surface area contributed by atoms with Gasteiger partial charge in [0, 0.05) is 17.4 Å². The third kappa shape index (κ3) is 4.64. The highest BCUT2D eigenvalue weighted by molar-refractivity contribution is 6.32. The molecule has 11 heteroatoms. The van der Waals surface area contributed by atoms with Gasteiger partial charge in [0.15, 0.2) is 17.3 Å². The highest BCUT2D eigenvalue weighted by Gasteiger charge is 2.33. The molecule has 1 atom stereocenters. The van der Waals surface area contributed by atoms with E-state index in [0.717, 1.165) is 0 Å². The van der Waals surface area contributed by atoms with E-state index in [0.29, 0.717) is 6.07 Å². The summed E-state index contributed by atoms with van der Waals surface area (Å²) in [5.41, 5.74) is -1.47. The number of oxime groups is 1. The first-order valence-electron chi connectivity index (χ1n) is 7.24. The van der Waals surface area contributed by atoms with Crippen molar-refractivity contribution < 1.29 is 32.4 Å². The van der Waals surface area contributed by atoms with Crippen molar-refractivity contribution in [3.8, 4) is 11.5 Å². The molecule has 0 amide bonds.